The van der Waals surface area contributed by atoms with Crippen molar-refractivity contribution in [3.8, 4) is 0 Å². The molecule has 0 saturated carbocycles. The van der Waals surface area contributed by atoms with Crippen molar-refractivity contribution in [2.75, 3.05) is 38.6 Å². The Morgan fingerprint density at radius 2 is 2.28 bits per heavy atom. The van der Waals surface area contributed by atoms with Crippen molar-refractivity contribution in [1.82, 2.24) is 25.0 Å². The molecule has 0 aliphatic carbocycles. The number of amides is 1. The van der Waals surface area contributed by atoms with E-state index >= 15 is 0 Å². The monoisotopic (exact) mass is 344 g/mol. The molecule has 0 spiro atoms. The van der Waals surface area contributed by atoms with Crippen LogP contribution in [0.5, 0.6) is 0 Å². The molecule has 3 rings (SSSR count). The number of aliphatic hydroxyl groups excluding tert-OH is 1. The van der Waals surface area contributed by atoms with Crippen LogP contribution in [-0.4, -0.2) is 64.0 Å². The fraction of sp³-hybridized carbons (Fsp3) is 0.471. The fourth-order valence-corrected chi connectivity index (χ4v) is 3.02. The number of hydrogen-bond acceptors (Lipinski definition) is 6. The van der Waals surface area contributed by atoms with Crippen LogP contribution >= 0.6 is 0 Å². The first-order valence-corrected chi connectivity index (χ1v) is 8.43. The Morgan fingerprint density at radius 3 is 3.00 bits per heavy atom. The van der Waals surface area contributed by atoms with Gasteiger partial charge in [-0.1, -0.05) is 0 Å². The molecule has 8 heteroatoms. The lowest BCUT2D eigenvalue weighted by Gasteiger charge is -2.11. The second kappa shape index (κ2) is 7.62. The molecule has 0 radical (unpaired) electrons. The topological polar surface area (TPSA) is 95.3 Å². The number of aromatic nitrogens is 3. The van der Waals surface area contributed by atoms with Gasteiger partial charge in [0.2, 0.25) is 0 Å². The molecular weight excluding hydrogens is 320 g/mol. The van der Waals surface area contributed by atoms with Crippen LogP contribution in [0.2, 0.25) is 0 Å². The van der Waals surface area contributed by atoms with E-state index in [2.05, 4.69) is 32.7 Å². The van der Waals surface area contributed by atoms with Gasteiger partial charge in [-0.15, -0.1) is 0 Å². The molecule has 0 aromatic carbocycles. The molecule has 2 aromatic heterocycles. The Hall–Kier alpha value is -2.45. The van der Waals surface area contributed by atoms with E-state index in [0.717, 1.165) is 30.9 Å². The number of nitrogens with one attached hydrogen (secondary N) is 2. The lowest BCUT2D eigenvalue weighted by atomic mass is 10.2. The molecule has 3 N–H and O–H groups in total. The molecule has 8 nitrogen and oxygen atoms in total. The molecule has 0 unspecified atom stereocenters. The molecule has 1 amide bonds. The summed E-state index contributed by atoms with van der Waals surface area (Å²) in [5.41, 5.74) is 2.83. The SMILES string of the molecule is Cc1nn([C@H]2CCN(C)C2)cc1Nc1cnccc1C(=O)NCCO. The number of hydrogen-bond donors (Lipinski definition) is 3. The number of anilines is 2. The third kappa shape index (κ3) is 3.97. The number of likely N-dealkylation sites (N-methyl/N-ethyl adjacent to an activating group) is 1. The van der Waals surface area contributed by atoms with Gasteiger partial charge in [-0.3, -0.25) is 14.5 Å². The van der Waals surface area contributed by atoms with E-state index in [1.807, 2.05) is 17.8 Å². The quantitative estimate of drug-likeness (QED) is 0.722. The van der Waals surface area contributed by atoms with E-state index in [1.54, 1.807) is 18.5 Å². The zero-order valence-corrected chi connectivity index (χ0v) is 14.6. The van der Waals surface area contributed by atoms with E-state index in [9.17, 15) is 4.79 Å². The van der Waals surface area contributed by atoms with Crippen LogP contribution in [0.4, 0.5) is 11.4 Å². The Bertz CT molecular complexity index is 744. The summed E-state index contributed by atoms with van der Waals surface area (Å²) in [4.78, 5) is 18.6. The van der Waals surface area contributed by atoms with Crippen LogP contribution in [0.3, 0.4) is 0 Å². The van der Waals surface area contributed by atoms with Gasteiger partial charge in [0.15, 0.2) is 0 Å². The van der Waals surface area contributed by atoms with E-state index in [1.165, 1.54) is 0 Å². The number of aliphatic hydroxyl groups is 1. The Morgan fingerprint density at radius 1 is 1.44 bits per heavy atom. The lowest BCUT2D eigenvalue weighted by Crippen LogP contribution is -2.27. The van der Waals surface area contributed by atoms with Crippen LogP contribution in [0, 0.1) is 6.92 Å². The molecule has 0 bridgehead atoms. The summed E-state index contributed by atoms with van der Waals surface area (Å²) in [7, 11) is 2.11. The Balaban J connectivity index is 1.79. The molecule has 25 heavy (non-hydrogen) atoms. The standard InChI is InChI=1S/C17H24N6O2/c1-12-16(11-23(21-12)13-4-7-22(2)10-13)20-15-9-18-5-3-14(15)17(25)19-6-8-24/h3,5,9,11,13,20,24H,4,6-8,10H2,1-2H3,(H,19,25)/t13-/m0/s1. The van der Waals surface area contributed by atoms with Crippen LogP contribution in [0.25, 0.3) is 0 Å². The average Bonchev–Trinajstić information content (AvgIpc) is 3.19. The summed E-state index contributed by atoms with van der Waals surface area (Å²) in [5.74, 6) is -0.249. The third-order valence-corrected chi connectivity index (χ3v) is 4.39. The first-order valence-electron chi connectivity index (χ1n) is 8.43. The number of nitrogens with zero attached hydrogens (tertiary/aromatic N) is 4. The largest absolute Gasteiger partial charge is 0.395 e. The molecule has 1 fully saturated rings. The number of likely N-dealkylation sites (tertiary alicyclic amines) is 1. The summed E-state index contributed by atoms with van der Waals surface area (Å²) in [6.07, 6.45) is 6.26. The van der Waals surface area contributed by atoms with Crippen molar-refractivity contribution >= 4 is 17.3 Å². The van der Waals surface area contributed by atoms with Gasteiger partial charge in [-0.25, -0.2) is 0 Å². The van der Waals surface area contributed by atoms with Gasteiger partial charge in [0.25, 0.3) is 5.91 Å². The van der Waals surface area contributed by atoms with Crippen molar-refractivity contribution < 1.29 is 9.90 Å². The predicted molar refractivity (Wildman–Crippen MR) is 95.1 cm³/mol. The minimum Gasteiger partial charge on any atom is -0.395 e. The number of carbonyl (C=O) groups is 1. The van der Waals surface area contributed by atoms with E-state index in [4.69, 9.17) is 5.11 Å². The highest BCUT2D eigenvalue weighted by molar-refractivity contribution is 6.00. The summed E-state index contributed by atoms with van der Waals surface area (Å²) < 4.78 is 2.00. The van der Waals surface area contributed by atoms with Crippen LogP contribution in [-0.2, 0) is 0 Å². The van der Waals surface area contributed by atoms with Gasteiger partial charge in [0.05, 0.1) is 41.5 Å². The lowest BCUT2D eigenvalue weighted by molar-refractivity contribution is 0.0945. The van der Waals surface area contributed by atoms with Crippen molar-refractivity contribution in [3.05, 3.63) is 35.9 Å². The summed E-state index contributed by atoms with van der Waals surface area (Å²) in [6.45, 7) is 4.12. The average molecular weight is 344 g/mol. The third-order valence-electron chi connectivity index (χ3n) is 4.39. The van der Waals surface area contributed by atoms with Crippen molar-refractivity contribution in [1.29, 1.82) is 0 Å². The number of aryl methyl sites for hydroxylation is 1. The first kappa shape index (κ1) is 17.4. The van der Waals surface area contributed by atoms with Crippen molar-refractivity contribution in [2.45, 2.75) is 19.4 Å². The first-order chi connectivity index (χ1) is 12.1. The second-order valence-electron chi connectivity index (χ2n) is 6.34. The highest BCUT2D eigenvalue weighted by atomic mass is 16.3. The minimum atomic E-state index is -0.249. The maximum atomic E-state index is 12.2. The van der Waals surface area contributed by atoms with Gasteiger partial charge in [0.1, 0.15) is 0 Å². The molecule has 134 valence electrons. The smallest absolute Gasteiger partial charge is 0.253 e. The zero-order valence-electron chi connectivity index (χ0n) is 14.6. The highest BCUT2D eigenvalue weighted by Crippen LogP contribution is 2.26. The van der Waals surface area contributed by atoms with Gasteiger partial charge in [-0.2, -0.15) is 5.10 Å². The number of carbonyl (C=O) groups excluding carboxylic acids is 1. The van der Waals surface area contributed by atoms with Crippen LogP contribution in [0.15, 0.2) is 24.7 Å². The maximum Gasteiger partial charge on any atom is 0.253 e. The minimum absolute atomic E-state index is 0.0959. The van der Waals surface area contributed by atoms with Crippen molar-refractivity contribution in [2.24, 2.45) is 0 Å². The molecule has 2 aromatic rings. The van der Waals surface area contributed by atoms with E-state index in [-0.39, 0.29) is 19.1 Å². The summed E-state index contributed by atoms with van der Waals surface area (Å²) >= 11 is 0. The number of rotatable bonds is 6. The van der Waals surface area contributed by atoms with Gasteiger partial charge in [0, 0.05) is 25.5 Å². The summed E-state index contributed by atoms with van der Waals surface area (Å²) in [6, 6.07) is 2.03. The normalized spacial score (nSPS) is 17.6. The molecule has 1 aliphatic heterocycles. The molecule has 1 atom stereocenters. The molecular formula is C17H24N6O2. The van der Waals surface area contributed by atoms with Gasteiger partial charge >= 0.3 is 0 Å². The molecule has 1 aliphatic rings. The summed E-state index contributed by atoms with van der Waals surface area (Å²) in [5, 5.41) is 19.4. The van der Waals surface area contributed by atoms with E-state index < -0.39 is 0 Å². The second-order valence-corrected chi connectivity index (χ2v) is 6.34. The zero-order chi connectivity index (χ0) is 17.8. The van der Waals surface area contributed by atoms with Crippen LogP contribution in [0.1, 0.15) is 28.5 Å². The van der Waals surface area contributed by atoms with Gasteiger partial charge in [-0.05, 0) is 33.0 Å². The Kier molecular flexibility index (Phi) is 5.30. The Labute approximate surface area is 146 Å². The molecule has 3 heterocycles. The van der Waals surface area contributed by atoms with E-state index in [0.29, 0.717) is 17.3 Å². The number of pyridine rings is 1. The highest BCUT2D eigenvalue weighted by Gasteiger charge is 2.23. The van der Waals surface area contributed by atoms with Crippen LogP contribution < -0.4 is 10.6 Å². The fourth-order valence-electron chi connectivity index (χ4n) is 3.02. The van der Waals surface area contributed by atoms with Gasteiger partial charge < -0.3 is 20.6 Å². The molecule has 1 saturated heterocycles. The maximum absolute atomic E-state index is 12.2. The predicted octanol–water partition coefficient (Wildman–Crippen LogP) is 0.929. The van der Waals surface area contributed by atoms with Crippen molar-refractivity contribution in [3.63, 3.8) is 0 Å².